The lowest BCUT2D eigenvalue weighted by Gasteiger charge is -2.15. The second-order valence-electron chi connectivity index (χ2n) is 7.13. The second-order valence-corrected chi connectivity index (χ2v) is 7.13. The average molecular weight is 433 g/mol. The van der Waals surface area contributed by atoms with Crippen LogP contribution in [0, 0.1) is 0 Å². The first-order valence-corrected chi connectivity index (χ1v) is 9.98. The quantitative estimate of drug-likeness (QED) is 0.416. The Hall–Kier alpha value is -4.07. The minimum atomic E-state index is -0.208. The maximum atomic E-state index is 12.5. The van der Waals surface area contributed by atoms with Crippen LogP contribution in [0.5, 0.6) is 17.2 Å². The normalized spacial score (nSPS) is 10.7. The number of benzene rings is 3. The van der Waals surface area contributed by atoms with Gasteiger partial charge in [0.15, 0.2) is 6.61 Å². The minimum absolute atomic E-state index is 0.0951. The van der Waals surface area contributed by atoms with E-state index in [9.17, 15) is 4.79 Å². The van der Waals surface area contributed by atoms with Crippen molar-refractivity contribution in [2.24, 2.45) is 0 Å². The third-order valence-corrected chi connectivity index (χ3v) is 5.00. The molecule has 1 heterocycles. The van der Waals surface area contributed by atoms with E-state index in [0.29, 0.717) is 34.5 Å². The molecule has 0 radical (unpaired) electrons. The van der Waals surface area contributed by atoms with Gasteiger partial charge in [-0.3, -0.25) is 4.79 Å². The lowest BCUT2D eigenvalue weighted by molar-refractivity contribution is -0.132. The first kappa shape index (κ1) is 21.2. The second kappa shape index (κ2) is 9.38. The number of carbonyl (C=O) groups excluding carboxylic acids is 1. The molecule has 0 saturated carbocycles. The number of fused-ring (bicyclic) bond motifs is 1. The van der Waals surface area contributed by atoms with Crippen molar-refractivity contribution in [3.05, 3.63) is 66.6 Å². The summed E-state index contributed by atoms with van der Waals surface area (Å²) in [5.74, 6) is 2.32. The molecule has 164 valence electrons. The van der Waals surface area contributed by atoms with E-state index in [1.165, 1.54) is 4.90 Å². The van der Waals surface area contributed by atoms with Gasteiger partial charge < -0.3 is 23.6 Å². The largest absolute Gasteiger partial charge is 0.497 e. The van der Waals surface area contributed by atoms with Gasteiger partial charge in [-0.1, -0.05) is 35.5 Å². The monoisotopic (exact) mass is 433 g/mol. The van der Waals surface area contributed by atoms with Gasteiger partial charge in [0.25, 0.3) is 5.91 Å². The Morgan fingerprint density at radius 1 is 0.969 bits per heavy atom. The van der Waals surface area contributed by atoms with Gasteiger partial charge in [0, 0.05) is 13.1 Å². The first-order chi connectivity index (χ1) is 15.6. The number of nitrogens with zero attached hydrogens (tertiary/aromatic N) is 3. The maximum Gasteiger partial charge on any atom is 0.260 e. The van der Waals surface area contributed by atoms with Gasteiger partial charge in [-0.25, -0.2) is 0 Å². The van der Waals surface area contributed by atoms with Gasteiger partial charge in [0.05, 0.1) is 26.3 Å². The zero-order valence-corrected chi connectivity index (χ0v) is 18.1. The Bertz CT molecular complexity index is 1240. The van der Waals surface area contributed by atoms with Crippen LogP contribution in [0.4, 0.5) is 0 Å². The maximum absolute atomic E-state index is 12.5. The van der Waals surface area contributed by atoms with Crippen molar-refractivity contribution in [1.82, 2.24) is 15.0 Å². The topological polar surface area (TPSA) is 86.9 Å². The van der Waals surface area contributed by atoms with E-state index in [4.69, 9.17) is 18.7 Å². The highest BCUT2D eigenvalue weighted by Crippen LogP contribution is 2.31. The number of aromatic nitrogens is 2. The molecule has 1 aromatic heterocycles. The Morgan fingerprint density at radius 2 is 1.75 bits per heavy atom. The summed E-state index contributed by atoms with van der Waals surface area (Å²) in [4.78, 5) is 18.4. The molecule has 0 bridgehead atoms. The molecule has 0 aliphatic rings. The summed E-state index contributed by atoms with van der Waals surface area (Å²) < 4.78 is 21.6. The zero-order chi connectivity index (χ0) is 22.5. The van der Waals surface area contributed by atoms with Crippen LogP contribution in [0.15, 0.2) is 65.2 Å². The molecule has 0 aliphatic heterocycles. The number of methoxy groups -OCH3 is 2. The van der Waals surface area contributed by atoms with Crippen LogP contribution in [0.1, 0.15) is 5.89 Å². The number of rotatable bonds is 8. The molecule has 4 rings (SSSR count). The summed E-state index contributed by atoms with van der Waals surface area (Å²) in [6, 6.07) is 19.0. The third kappa shape index (κ3) is 4.64. The lowest BCUT2D eigenvalue weighted by Crippen LogP contribution is -2.31. The van der Waals surface area contributed by atoms with Gasteiger partial charge in [0.1, 0.15) is 17.2 Å². The van der Waals surface area contributed by atoms with Crippen molar-refractivity contribution < 1.29 is 23.5 Å². The Morgan fingerprint density at radius 3 is 2.53 bits per heavy atom. The zero-order valence-electron chi connectivity index (χ0n) is 18.1. The number of hydrogen-bond donors (Lipinski definition) is 0. The molecule has 1 amide bonds. The van der Waals surface area contributed by atoms with Gasteiger partial charge in [-0.05, 0) is 35.0 Å². The summed E-state index contributed by atoms with van der Waals surface area (Å²) in [6.07, 6.45) is 0. The smallest absolute Gasteiger partial charge is 0.260 e. The molecule has 0 aliphatic carbocycles. The standard InChI is InChI=1S/C24H23N3O5/c1-27(23(28)15-31-19-9-8-16-6-4-5-7-17(16)12-19)14-22-25-24(26-32-22)20-11-10-18(29-2)13-21(20)30-3/h4-13H,14-15H2,1-3H3. The summed E-state index contributed by atoms with van der Waals surface area (Å²) in [5, 5.41) is 6.18. The average Bonchev–Trinajstić information content (AvgIpc) is 3.29. The fraction of sp³-hybridized carbons (Fsp3) is 0.208. The predicted molar refractivity (Wildman–Crippen MR) is 119 cm³/mol. The van der Waals surface area contributed by atoms with Gasteiger partial charge in [-0.15, -0.1) is 0 Å². The molecule has 32 heavy (non-hydrogen) atoms. The molecular formula is C24H23N3O5. The highest BCUT2D eigenvalue weighted by Gasteiger charge is 2.17. The van der Waals surface area contributed by atoms with Crippen molar-refractivity contribution in [2.75, 3.05) is 27.9 Å². The fourth-order valence-electron chi connectivity index (χ4n) is 3.22. The molecule has 0 unspecified atom stereocenters. The highest BCUT2D eigenvalue weighted by molar-refractivity contribution is 5.84. The van der Waals surface area contributed by atoms with Crippen molar-refractivity contribution in [1.29, 1.82) is 0 Å². The molecule has 0 N–H and O–H groups in total. The van der Waals surface area contributed by atoms with Crippen LogP contribution in [-0.2, 0) is 11.3 Å². The molecule has 4 aromatic rings. The number of ether oxygens (including phenoxy) is 3. The van der Waals surface area contributed by atoms with Crippen LogP contribution in [0.25, 0.3) is 22.2 Å². The number of likely N-dealkylation sites (N-methyl/N-ethyl adjacent to an activating group) is 1. The molecule has 0 saturated heterocycles. The van der Waals surface area contributed by atoms with Crippen molar-refractivity contribution in [3.63, 3.8) is 0 Å². The number of amides is 1. The number of hydrogen-bond acceptors (Lipinski definition) is 7. The van der Waals surface area contributed by atoms with E-state index in [-0.39, 0.29) is 19.1 Å². The van der Waals surface area contributed by atoms with Crippen LogP contribution in [0.3, 0.4) is 0 Å². The molecular weight excluding hydrogens is 410 g/mol. The Kier molecular flexibility index (Phi) is 6.21. The van der Waals surface area contributed by atoms with E-state index in [1.807, 2.05) is 42.5 Å². The fourth-order valence-corrected chi connectivity index (χ4v) is 3.22. The molecule has 8 nitrogen and oxygen atoms in total. The molecule has 0 atom stereocenters. The van der Waals surface area contributed by atoms with E-state index < -0.39 is 0 Å². The molecule has 8 heteroatoms. The van der Waals surface area contributed by atoms with Crippen molar-refractivity contribution >= 4 is 16.7 Å². The van der Waals surface area contributed by atoms with Crippen LogP contribution >= 0.6 is 0 Å². The Labute approximate surface area is 185 Å². The van der Waals surface area contributed by atoms with Gasteiger partial charge >= 0.3 is 0 Å². The molecule has 0 spiro atoms. The molecule has 3 aromatic carbocycles. The SMILES string of the molecule is COc1ccc(-c2noc(CN(C)C(=O)COc3ccc4ccccc4c3)n2)c(OC)c1. The van der Waals surface area contributed by atoms with E-state index in [0.717, 1.165) is 10.8 Å². The highest BCUT2D eigenvalue weighted by atomic mass is 16.5. The van der Waals surface area contributed by atoms with Gasteiger partial charge in [-0.2, -0.15) is 4.98 Å². The molecule has 0 fully saturated rings. The first-order valence-electron chi connectivity index (χ1n) is 9.98. The summed E-state index contributed by atoms with van der Waals surface area (Å²) >= 11 is 0. The Balaban J connectivity index is 1.38. The van der Waals surface area contributed by atoms with Crippen LogP contribution in [-0.4, -0.2) is 48.8 Å². The van der Waals surface area contributed by atoms with Gasteiger partial charge in [0.2, 0.25) is 11.7 Å². The third-order valence-electron chi connectivity index (χ3n) is 5.00. The van der Waals surface area contributed by atoms with Crippen molar-refractivity contribution in [2.45, 2.75) is 6.54 Å². The van der Waals surface area contributed by atoms with Crippen LogP contribution in [0.2, 0.25) is 0 Å². The summed E-state index contributed by atoms with van der Waals surface area (Å²) in [5.41, 5.74) is 0.664. The van der Waals surface area contributed by atoms with Crippen LogP contribution < -0.4 is 14.2 Å². The lowest BCUT2D eigenvalue weighted by atomic mass is 10.1. The van der Waals surface area contributed by atoms with Crippen molar-refractivity contribution in [3.8, 4) is 28.6 Å². The van der Waals surface area contributed by atoms with E-state index in [2.05, 4.69) is 10.1 Å². The predicted octanol–water partition coefficient (Wildman–Crippen LogP) is 3.94. The van der Waals surface area contributed by atoms with E-state index >= 15 is 0 Å². The minimum Gasteiger partial charge on any atom is -0.497 e. The summed E-state index contributed by atoms with van der Waals surface area (Å²) in [7, 11) is 4.79. The summed E-state index contributed by atoms with van der Waals surface area (Å²) in [6.45, 7) is 0.0630. The van der Waals surface area contributed by atoms with E-state index in [1.54, 1.807) is 39.5 Å². The number of carbonyl (C=O) groups is 1.